The number of aromatic nitrogens is 1. The number of amides is 1. The van der Waals surface area contributed by atoms with Crippen molar-refractivity contribution >= 4 is 11.8 Å². The Hall–Kier alpha value is -2.80. The molecule has 2 heterocycles. The Morgan fingerprint density at radius 2 is 2.00 bits per heavy atom. The van der Waals surface area contributed by atoms with E-state index < -0.39 is 6.09 Å². The van der Waals surface area contributed by atoms with Crippen molar-refractivity contribution in [3.05, 3.63) is 47.8 Å². The molecule has 1 aromatic carbocycles. The number of fused-ring (bicyclic) bond motifs is 1. The number of carbonyl (C=O) groups is 1. The van der Waals surface area contributed by atoms with Crippen LogP contribution in [0.5, 0.6) is 11.5 Å². The summed E-state index contributed by atoms with van der Waals surface area (Å²) in [6.45, 7) is 3.97. The van der Waals surface area contributed by atoms with Crippen LogP contribution in [0.25, 0.3) is 0 Å². The highest BCUT2D eigenvalue weighted by Gasteiger charge is 2.23. The van der Waals surface area contributed by atoms with E-state index in [1.807, 2.05) is 38.2 Å². The van der Waals surface area contributed by atoms with Crippen LogP contribution >= 0.6 is 0 Å². The fourth-order valence-electron chi connectivity index (χ4n) is 2.98. The predicted octanol–water partition coefficient (Wildman–Crippen LogP) is 2.35. The average molecular weight is 342 g/mol. The van der Waals surface area contributed by atoms with Gasteiger partial charge in [0.2, 0.25) is 0 Å². The van der Waals surface area contributed by atoms with Gasteiger partial charge >= 0.3 is 6.09 Å². The lowest BCUT2D eigenvalue weighted by atomic mass is 9.99. The second-order valence-electron chi connectivity index (χ2n) is 5.79. The fourth-order valence-corrected chi connectivity index (χ4v) is 2.98. The number of anilines is 1. The molecular formula is C18H22N4O3. The number of hydrogen-bond donors (Lipinski definition) is 1. The van der Waals surface area contributed by atoms with E-state index in [1.54, 1.807) is 12.4 Å². The van der Waals surface area contributed by atoms with Crippen LogP contribution in [0.1, 0.15) is 18.1 Å². The number of hydrogen-bond acceptors (Lipinski definition) is 6. The summed E-state index contributed by atoms with van der Waals surface area (Å²) in [5, 5.41) is 4.34. The lowest BCUT2D eigenvalue weighted by molar-refractivity contribution is 0.206. The number of pyridine rings is 1. The van der Waals surface area contributed by atoms with Gasteiger partial charge < -0.3 is 20.2 Å². The van der Waals surface area contributed by atoms with Gasteiger partial charge in [0, 0.05) is 32.5 Å². The molecule has 1 amide bonds. The van der Waals surface area contributed by atoms with Crippen molar-refractivity contribution in [2.45, 2.75) is 19.9 Å². The van der Waals surface area contributed by atoms with Gasteiger partial charge in [-0.15, -0.1) is 0 Å². The van der Waals surface area contributed by atoms with E-state index in [0.717, 1.165) is 24.2 Å². The Labute approximate surface area is 146 Å². The Morgan fingerprint density at radius 1 is 1.28 bits per heavy atom. The number of primary amides is 1. The molecule has 1 aliphatic rings. The van der Waals surface area contributed by atoms with Crippen molar-refractivity contribution in [1.29, 1.82) is 0 Å². The molecule has 132 valence electrons. The normalized spacial score (nSPS) is 13.8. The summed E-state index contributed by atoms with van der Waals surface area (Å²) in [6.07, 6.45) is 3.58. The van der Waals surface area contributed by atoms with E-state index in [2.05, 4.69) is 15.0 Å². The Balaban J connectivity index is 1.85. The molecule has 0 saturated carbocycles. The number of rotatable bonds is 5. The highest BCUT2D eigenvalue weighted by Crippen LogP contribution is 2.34. The molecule has 0 aliphatic carbocycles. The molecule has 0 saturated heterocycles. The minimum absolute atomic E-state index is 0.363. The van der Waals surface area contributed by atoms with Gasteiger partial charge in [-0.05, 0) is 48.7 Å². The lowest BCUT2D eigenvalue weighted by Gasteiger charge is -2.37. The summed E-state index contributed by atoms with van der Waals surface area (Å²) in [4.78, 5) is 15.2. The maximum Gasteiger partial charge on any atom is 0.410 e. The number of carbonyl (C=O) groups excluding carboxylic acids is 1. The van der Waals surface area contributed by atoms with Crippen molar-refractivity contribution in [1.82, 2.24) is 9.99 Å². The molecule has 0 fully saturated rings. The molecule has 0 atom stereocenters. The third-order valence-electron chi connectivity index (χ3n) is 4.23. The summed E-state index contributed by atoms with van der Waals surface area (Å²) in [7, 11) is 2.02. The van der Waals surface area contributed by atoms with E-state index in [9.17, 15) is 4.79 Å². The third-order valence-corrected chi connectivity index (χ3v) is 4.23. The van der Waals surface area contributed by atoms with Crippen LogP contribution in [0.3, 0.4) is 0 Å². The highest BCUT2D eigenvalue weighted by atomic mass is 16.6. The fraction of sp³-hybridized carbons (Fsp3) is 0.333. The van der Waals surface area contributed by atoms with Crippen LogP contribution in [0, 0.1) is 0 Å². The van der Waals surface area contributed by atoms with E-state index in [4.69, 9.17) is 15.2 Å². The summed E-state index contributed by atoms with van der Waals surface area (Å²) >= 11 is 0. The maximum atomic E-state index is 11.2. The summed E-state index contributed by atoms with van der Waals surface area (Å²) in [6, 6.07) is 7.73. The summed E-state index contributed by atoms with van der Waals surface area (Å²) in [5.41, 5.74) is 8.53. The smallest absolute Gasteiger partial charge is 0.410 e. The highest BCUT2D eigenvalue weighted by molar-refractivity contribution is 5.69. The van der Waals surface area contributed by atoms with Crippen molar-refractivity contribution in [3.63, 3.8) is 0 Å². The van der Waals surface area contributed by atoms with Gasteiger partial charge in [0.25, 0.3) is 0 Å². The third kappa shape index (κ3) is 3.83. The number of hydrazine groups is 1. The van der Waals surface area contributed by atoms with Crippen molar-refractivity contribution in [2.75, 3.05) is 25.2 Å². The molecule has 0 unspecified atom stereocenters. The second-order valence-corrected chi connectivity index (χ2v) is 5.79. The first kappa shape index (κ1) is 17.0. The minimum Gasteiger partial charge on any atom is -0.490 e. The first-order valence-electron chi connectivity index (χ1n) is 8.23. The van der Waals surface area contributed by atoms with Crippen LogP contribution in [-0.2, 0) is 13.0 Å². The first-order chi connectivity index (χ1) is 12.1. The van der Waals surface area contributed by atoms with E-state index in [1.165, 1.54) is 5.56 Å². The molecule has 0 radical (unpaired) electrons. The zero-order valence-electron chi connectivity index (χ0n) is 14.4. The minimum atomic E-state index is -0.845. The van der Waals surface area contributed by atoms with E-state index >= 15 is 0 Å². The SMILES string of the molecule is CCOc1cc2c(cc1OC(N)=O)CN(N(C)c1ccncc1)CC2. The number of benzene rings is 1. The van der Waals surface area contributed by atoms with Gasteiger partial charge in [0.1, 0.15) is 0 Å². The molecule has 2 aromatic rings. The predicted molar refractivity (Wildman–Crippen MR) is 94.6 cm³/mol. The summed E-state index contributed by atoms with van der Waals surface area (Å²) in [5.74, 6) is 0.914. The molecule has 1 aliphatic heterocycles. The van der Waals surface area contributed by atoms with Crippen molar-refractivity contribution in [3.8, 4) is 11.5 Å². The van der Waals surface area contributed by atoms with Gasteiger partial charge in [0.05, 0.1) is 12.3 Å². The van der Waals surface area contributed by atoms with Crippen LogP contribution in [0.15, 0.2) is 36.7 Å². The second kappa shape index (κ2) is 7.40. The molecule has 7 nitrogen and oxygen atoms in total. The van der Waals surface area contributed by atoms with Crippen LogP contribution in [-0.4, -0.2) is 36.3 Å². The molecule has 1 aromatic heterocycles. The zero-order chi connectivity index (χ0) is 17.8. The van der Waals surface area contributed by atoms with Crippen LogP contribution in [0.4, 0.5) is 10.5 Å². The summed E-state index contributed by atoms with van der Waals surface area (Å²) < 4.78 is 10.7. The number of nitrogens with two attached hydrogens (primary N) is 1. The van der Waals surface area contributed by atoms with Gasteiger partial charge in [-0.25, -0.2) is 9.80 Å². The van der Waals surface area contributed by atoms with Gasteiger partial charge in [0.15, 0.2) is 11.5 Å². The average Bonchev–Trinajstić information content (AvgIpc) is 2.61. The Kier molecular flexibility index (Phi) is 5.04. The van der Waals surface area contributed by atoms with E-state index in [0.29, 0.717) is 24.7 Å². The molecule has 0 spiro atoms. The first-order valence-corrected chi connectivity index (χ1v) is 8.23. The quantitative estimate of drug-likeness (QED) is 0.898. The van der Waals surface area contributed by atoms with Crippen LogP contribution < -0.4 is 20.2 Å². The Morgan fingerprint density at radius 3 is 2.68 bits per heavy atom. The Bertz CT molecular complexity index is 751. The molecule has 3 rings (SSSR count). The van der Waals surface area contributed by atoms with Crippen molar-refractivity contribution < 1.29 is 14.3 Å². The largest absolute Gasteiger partial charge is 0.490 e. The number of ether oxygens (including phenoxy) is 2. The van der Waals surface area contributed by atoms with Gasteiger partial charge in [-0.3, -0.25) is 4.98 Å². The van der Waals surface area contributed by atoms with E-state index in [-0.39, 0.29) is 0 Å². The molecule has 2 N–H and O–H groups in total. The molecule has 0 bridgehead atoms. The molecule has 7 heteroatoms. The number of nitrogens with zero attached hydrogens (tertiary/aromatic N) is 3. The molecule has 25 heavy (non-hydrogen) atoms. The van der Waals surface area contributed by atoms with Gasteiger partial charge in [-0.1, -0.05) is 0 Å². The lowest BCUT2D eigenvalue weighted by Crippen LogP contribution is -2.43. The molecular weight excluding hydrogens is 320 g/mol. The topological polar surface area (TPSA) is 80.9 Å². The zero-order valence-corrected chi connectivity index (χ0v) is 14.4. The van der Waals surface area contributed by atoms with Crippen LogP contribution in [0.2, 0.25) is 0 Å². The maximum absolute atomic E-state index is 11.2. The monoisotopic (exact) mass is 342 g/mol. The van der Waals surface area contributed by atoms with Gasteiger partial charge in [-0.2, -0.15) is 0 Å². The van der Waals surface area contributed by atoms with Crippen molar-refractivity contribution in [2.24, 2.45) is 5.73 Å². The standard InChI is InChI=1S/C18H22N4O3/c1-3-24-16-10-13-6-9-22(21(2)15-4-7-20-8-5-15)12-14(13)11-17(16)25-18(19)23/h4-5,7-8,10-11H,3,6,9,12H2,1-2H3,(H2,19,23).